The van der Waals surface area contributed by atoms with Crippen LogP contribution in [0.4, 0.5) is 5.69 Å². The summed E-state index contributed by atoms with van der Waals surface area (Å²) in [7, 11) is 0. The van der Waals surface area contributed by atoms with Gasteiger partial charge in [0.1, 0.15) is 11.9 Å². The van der Waals surface area contributed by atoms with Gasteiger partial charge in [-0.15, -0.1) is 0 Å². The Hall–Kier alpha value is -5.25. The van der Waals surface area contributed by atoms with Crippen molar-refractivity contribution >= 4 is 34.6 Å². The Kier molecular flexibility index (Phi) is 10.3. The summed E-state index contributed by atoms with van der Waals surface area (Å²) in [6, 6.07) is 34.8. The number of hydrogen-bond donors (Lipinski definition) is 2. The van der Waals surface area contributed by atoms with E-state index in [-0.39, 0.29) is 42.4 Å². The van der Waals surface area contributed by atoms with Gasteiger partial charge >= 0.3 is 0 Å². The number of piperidine rings is 2. The van der Waals surface area contributed by atoms with Crippen LogP contribution in [0.1, 0.15) is 90.6 Å². The first kappa shape index (κ1) is 35.8. The lowest BCUT2D eigenvalue weighted by Gasteiger charge is -2.45. The molecule has 3 fully saturated rings. The van der Waals surface area contributed by atoms with E-state index >= 15 is 0 Å². The number of carbonyl (C=O) groups excluding carboxylic acids is 3. The summed E-state index contributed by atoms with van der Waals surface area (Å²) in [5.41, 5.74) is 8.57. The van der Waals surface area contributed by atoms with E-state index in [1.807, 2.05) is 42.5 Å². The van der Waals surface area contributed by atoms with Crippen molar-refractivity contribution in [3.8, 4) is 5.75 Å². The SMILES string of the molecule is CCC(=C(c1ccc(O)cc1)c1ccc(N2CCC(CC3CN(C4c5ccccc5C(=O)N4N4C(=O)CCCC4=O)CCN3)CC2)cc1)c1ccccc1. The second kappa shape index (κ2) is 15.6. The number of benzene rings is 4. The van der Waals surface area contributed by atoms with Crippen molar-refractivity contribution in [1.29, 1.82) is 0 Å². The first-order valence-electron chi connectivity index (χ1n) is 19.6. The van der Waals surface area contributed by atoms with E-state index in [2.05, 4.69) is 70.6 Å². The topological polar surface area (TPSA) is 96.4 Å². The minimum atomic E-state index is -0.473. The van der Waals surface area contributed by atoms with Gasteiger partial charge < -0.3 is 15.3 Å². The maximum Gasteiger partial charge on any atom is 0.275 e. The molecule has 0 radical (unpaired) electrons. The summed E-state index contributed by atoms with van der Waals surface area (Å²) in [5, 5.41) is 16.4. The molecular formula is C45H49N5O4. The molecule has 9 heteroatoms. The van der Waals surface area contributed by atoms with Gasteiger partial charge in [-0.05, 0) is 96.2 Å². The van der Waals surface area contributed by atoms with Crippen molar-refractivity contribution in [3.63, 3.8) is 0 Å². The number of hydrogen-bond acceptors (Lipinski definition) is 7. The zero-order valence-corrected chi connectivity index (χ0v) is 31.0. The molecule has 2 N–H and O–H groups in total. The number of fused-ring (bicyclic) bond motifs is 1. The molecule has 0 bridgehead atoms. The molecule has 0 aromatic heterocycles. The van der Waals surface area contributed by atoms with Gasteiger partial charge in [0.15, 0.2) is 0 Å². The highest BCUT2D eigenvalue weighted by molar-refractivity contribution is 6.05. The molecule has 4 aromatic rings. The van der Waals surface area contributed by atoms with Gasteiger partial charge in [-0.3, -0.25) is 19.3 Å². The van der Waals surface area contributed by atoms with Crippen molar-refractivity contribution < 1.29 is 19.5 Å². The normalized spacial score (nSPS) is 21.7. The molecule has 8 rings (SSSR count). The molecule has 9 nitrogen and oxygen atoms in total. The predicted molar refractivity (Wildman–Crippen MR) is 211 cm³/mol. The number of amides is 3. The Balaban J connectivity index is 0.939. The lowest BCUT2D eigenvalue weighted by Crippen LogP contribution is -2.60. The van der Waals surface area contributed by atoms with Crippen molar-refractivity contribution in [1.82, 2.24) is 20.2 Å². The highest BCUT2D eigenvalue weighted by Gasteiger charge is 2.48. The number of phenols is 1. The fourth-order valence-electron chi connectivity index (χ4n) is 9.02. The fourth-order valence-corrected chi connectivity index (χ4v) is 9.02. The minimum Gasteiger partial charge on any atom is -0.508 e. The number of imide groups is 1. The highest BCUT2D eigenvalue weighted by atomic mass is 16.3. The molecule has 54 heavy (non-hydrogen) atoms. The van der Waals surface area contributed by atoms with Crippen LogP contribution in [0.5, 0.6) is 5.75 Å². The van der Waals surface area contributed by atoms with Crippen LogP contribution in [0.25, 0.3) is 11.1 Å². The van der Waals surface area contributed by atoms with Crippen LogP contribution < -0.4 is 10.2 Å². The number of nitrogens with one attached hydrogen (secondary N) is 1. The van der Waals surface area contributed by atoms with Gasteiger partial charge in [0.05, 0.1) is 0 Å². The zero-order chi connectivity index (χ0) is 37.2. The summed E-state index contributed by atoms with van der Waals surface area (Å²) >= 11 is 0. The first-order valence-corrected chi connectivity index (χ1v) is 19.6. The van der Waals surface area contributed by atoms with Crippen molar-refractivity contribution in [2.24, 2.45) is 5.92 Å². The third-order valence-electron chi connectivity index (χ3n) is 11.7. The number of phenolic OH excluding ortho intramolecular Hbond substituents is 1. The second-order valence-corrected chi connectivity index (χ2v) is 15.0. The van der Waals surface area contributed by atoms with Gasteiger partial charge in [-0.25, -0.2) is 5.01 Å². The molecule has 2 unspecified atom stereocenters. The zero-order valence-electron chi connectivity index (χ0n) is 31.0. The van der Waals surface area contributed by atoms with E-state index in [4.69, 9.17) is 0 Å². The maximum atomic E-state index is 13.7. The molecule has 4 heterocycles. The number of anilines is 1. The summed E-state index contributed by atoms with van der Waals surface area (Å²) in [6.07, 6.45) is 4.72. The first-order chi connectivity index (χ1) is 26.4. The number of nitrogens with zero attached hydrogens (tertiary/aromatic N) is 4. The molecule has 3 amide bonds. The molecule has 4 aromatic carbocycles. The third kappa shape index (κ3) is 7.06. The van der Waals surface area contributed by atoms with Crippen LogP contribution in [0.3, 0.4) is 0 Å². The van der Waals surface area contributed by atoms with Crippen LogP contribution in [0.15, 0.2) is 103 Å². The maximum absolute atomic E-state index is 13.7. The van der Waals surface area contributed by atoms with Gasteiger partial charge in [0, 0.05) is 68.4 Å². The molecule has 4 aliphatic heterocycles. The standard InChI is InChI=1S/C45H49N5O4/c1-2-38(32-9-4-3-5-10-32)43(34-17-21-37(51)22-18-34)33-15-19-36(20-16-33)47-26-23-31(24-27-47)29-35-30-48(28-25-46-35)44-39-11-6-7-12-40(39)45(54)50(44)49-41(52)13-8-14-42(49)53/h3-7,9-12,15-22,31,35,44,46,51H,2,8,13-14,23-30H2,1H3. The molecule has 278 valence electrons. The average Bonchev–Trinajstić information content (AvgIpc) is 3.49. The Morgan fingerprint density at radius 2 is 1.41 bits per heavy atom. The van der Waals surface area contributed by atoms with Crippen molar-refractivity contribution in [2.75, 3.05) is 37.6 Å². The second-order valence-electron chi connectivity index (χ2n) is 15.0. The molecule has 3 saturated heterocycles. The number of carbonyl (C=O) groups is 3. The van der Waals surface area contributed by atoms with Crippen molar-refractivity contribution in [2.45, 2.75) is 64.1 Å². The molecule has 0 saturated carbocycles. The van der Waals surface area contributed by atoms with E-state index in [0.717, 1.165) is 80.1 Å². The quantitative estimate of drug-likeness (QED) is 0.139. The average molecular weight is 724 g/mol. The number of piperazine rings is 1. The largest absolute Gasteiger partial charge is 0.508 e. The lowest BCUT2D eigenvalue weighted by molar-refractivity contribution is -0.172. The van der Waals surface area contributed by atoms with Gasteiger partial charge in [-0.1, -0.05) is 79.7 Å². The van der Waals surface area contributed by atoms with Crippen LogP contribution in [0, 0.1) is 5.92 Å². The summed E-state index contributed by atoms with van der Waals surface area (Å²) in [5.74, 6) is -0.0319. The molecule has 4 aliphatic rings. The molecular weight excluding hydrogens is 675 g/mol. The van der Waals surface area contributed by atoms with Crippen LogP contribution >= 0.6 is 0 Å². The third-order valence-corrected chi connectivity index (χ3v) is 11.7. The predicted octanol–water partition coefficient (Wildman–Crippen LogP) is 7.25. The number of rotatable bonds is 9. The Morgan fingerprint density at radius 3 is 2.09 bits per heavy atom. The van der Waals surface area contributed by atoms with Gasteiger partial charge in [0.25, 0.3) is 5.91 Å². The van der Waals surface area contributed by atoms with Gasteiger partial charge in [-0.2, -0.15) is 5.01 Å². The summed E-state index contributed by atoms with van der Waals surface area (Å²) in [6.45, 7) is 6.42. The monoisotopic (exact) mass is 723 g/mol. The van der Waals surface area contributed by atoms with E-state index < -0.39 is 6.17 Å². The highest BCUT2D eigenvalue weighted by Crippen LogP contribution is 2.40. The van der Waals surface area contributed by atoms with E-state index in [9.17, 15) is 19.5 Å². The lowest BCUT2D eigenvalue weighted by atomic mass is 9.87. The minimum absolute atomic E-state index is 0.245. The van der Waals surface area contributed by atoms with E-state index in [0.29, 0.717) is 17.9 Å². The number of aromatic hydroxyl groups is 1. The van der Waals surface area contributed by atoms with E-state index in [1.54, 1.807) is 12.1 Å². The number of hydrazine groups is 1. The van der Waals surface area contributed by atoms with Gasteiger partial charge in [0.2, 0.25) is 11.8 Å². The van der Waals surface area contributed by atoms with E-state index in [1.165, 1.54) is 27.4 Å². The Bertz CT molecular complexity index is 2010. The Labute approximate surface area is 317 Å². The molecule has 0 aliphatic carbocycles. The van der Waals surface area contributed by atoms with Crippen LogP contribution in [-0.4, -0.2) is 76.5 Å². The van der Waals surface area contributed by atoms with Crippen LogP contribution in [-0.2, 0) is 9.59 Å². The summed E-state index contributed by atoms with van der Waals surface area (Å²) < 4.78 is 0. The fraction of sp³-hybridized carbons (Fsp3) is 0.356. The summed E-state index contributed by atoms with van der Waals surface area (Å²) in [4.78, 5) is 44.6. The number of allylic oxidation sites excluding steroid dienone is 1. The van der Waals surface area contributed by atoms with Crippen molar-refractivity contribution in [3.05, 3.63) is 131 Å². The smallest absolute Gasteiger partial charge is 0.275 e. The molecule has 0 spiro atoms. The molecule has 2 atom stereocenters. The van der Waals surface area contributed by atoms with Crippen LogP contribution in [0.2, 0.25) is 0 Å². The Morgan fingerprint density at radius 1 is 0.759 bits per heavy atom.